The number of piperazine rings is 1. The summed E-state index contributed by atoms with van der Waals surface area (Å²) >= 11 is 0. The van der Waals surface area contributed by atoms with Crippen molar-refractivity contribution in [1.29, 1.82) is 0 Å². The van der Waals surface area contributed by atoms with Crippen LogP contribution in [-0.2, 0) is 11.3 Å². The Hall–Kier alpha value is -2.96. The fraction of sp³-hybridized carbons (Fsp3) is 0.368. The van der Waals surface area contributed by atoms with E-state index in [-0.39, 0.29) is 11.8 Å². The molecule has 0 atom stereocenters. The normalized spacial score (nSPS) is 14.2. The van der Waals surface area contributed by atoms with Gasteiger partial charge in [0, 0.05) is 39.6 Å². The third kappa shape index (κ3) is 4.17. The number of carbonyl (C=O) groups is 2. The topological polar surface area (TPSA) is 78.4 Å². The monoisotopic (exact) mass is 353 g/mol. The van der Waals surface area contributed by atoms with E-state index in [4.69, 9.17) is 0 Å². The van der Waals surface area contributed by atoms with Gasteiger partial charge in [-0.3, -0.25) is 9.59 Å². The van der Waals surface area contributed by atoms with E-state index in [1.165, 1.54) is 17.3 Å². The molecule has 0 bridgehead atoms. The molecule has 1 saturated heterocycles. The van der Waals surface area contributed by atoms with Crippen molar-refractivity contribution in [2.45, 2.75) is 20.4 Å². The first-order valence-electron chi connectivity index (χ1n) is 8.70. The Kier molecular flexibility index (Phi) is 5.46. The van der Waals surface area contributed by atoms with Crippen LogP contribution in [0.3, 0.4) is 0 Å². The predicted molar refractivity (Wildman–Crippen MR) is 98.7 cm³/mol. The van der Waals surface area contributed by atoms with E-state index >= 15 is 0 Å². The van der Waals surface area contributed by atoms with E-state index in [9.17, 15) is 9.59 Å². The first kappa shape index (κ1) is 17.8. The molecule has 1 aliphatic heterocycles. The van der Waals surface area contributed by atoms with Gasteiger partial charge in [-0.05, 0) is 18.1 Å². The maximum atomic E-state index is 12.5. The summed E-state index contributed by atoms with van der Waals surface area (Å²) < 4.78 is 0. The van der Waals surface area contributed by atoms with Crippen LogP contribution in [0.2, 0.25) is 0 Å². The number of anilines is 1. The first-order chi connectivity index (χ1) is 12.5. The second-order valence-electron chi connectivity index (χ2n) is 6.37. The summed E-state index contributed by atoms with van der Waals surface area (Å²) in [4.78, 5) is 35.9. The maximum Gasteiger partial charge on any atom is 0.274 e. The average molecular weight is 353 g/mol. The van der Waals surface area contributed by atoms with Gasteiger partial charge < -0.3 is 15.1 Å². The predicted octanol–water partition coefficient (Wildman–Crippen LogP) is 1.70. The highest BCUT2D eigenvalue weighted by Gasteiger charge is 2.24. The fourth-order valence-corrected chi connectivity index (χ4v) is 2.91. The molecule has 0 radical (unpaired) electrons. The van der Waals surface area contributed by atoms with Crippen LogP contribution < -0.4 is 5.32 Å². The van der Waals surface area contributed by atoms with E-state index in [1.807, 2.05) is 12.1 Å². The molecule has 2 heterocycles. The van der Waals surface area contributed by atoms with E-state index in [1.54, 1.807) is 22.9 Å². The highest BCUT2D eigenvalue weighted by atomic mass is 16.2. The number of rotatable bonds is 4. The molecule has 2 amide bonds. The Morgan fingerprint density at radius 2 is 1.73 bits per heavy atom. The minimum Gasteiger partial charge on any atom is -0.365 e. The standard InChI is InChI=1S/C19H23N5O2/c1-14-5-3-4-6-16(14)11-21-18-13-20-17(12-22-18)19(26)24-9-7-23(8-10-24)15(2)25/h3-6,12-13H,7-11H2,1-2H3,(H,21,22). The molecule has 0 saturated carbocycles. The molecular weight excluding hydrogens is 330 g/mol. The van der Waals surface area contributed by atoms with Gasteiger partial charge in [0.15, 0.2) is 0 Å². The SMILES string of the molecule is CC(=O)N1CCN(C(=O)c2cnc(NCc3ccccc3C)cn2)CC1. The van der Waals surface area contributed by atoms with E-state index in [0.29, 0.717) is 44.2 Å². The molecule has 1 aromatic heterocycles. The Morgan fingerprint density at radius 3 is 2.35 bits per heavy atom. The lowest BCUT2D eigenvalue weighted by atomic mass is 10.1. The number of benzene rings is 1. The number of hydrogen-bond acceptors (Lipinski definition) is 5. The smallest absolute Gasteiger partial charge is 0.274 e. The van der Waals surface area contributed by atoms with Gasteiger partial charge in [0.25, 0.3) is 5.91 Å². The van der Waals surface area contributed by atoms with Crippen molar-refractivity contribution in [1.82, 2.24) is 19.8 Å². The summed E-state index contributed by atoms with van der Waals surface area (Å²) in [7, 11) is 0. The summed E-state index contributed by atoms with van der Waals surface area (Å²) in [5, 5.41) is 3.22. The van der Waals surface area contributed by atoms with Gasteiger partial charge >= 0.3 is 0 Å². The van der Waals surface area contributed by atoms with Gasteiger partial charge in [0.05, 0.1) is 12.4 Å². The number of amides is 2. The number of nitrogens with one attached hydrogen (secondary N) is 1. The lowest BCUT2D eigenvalue weighted by molar-refractivity contribution is -0.130. The minimum absolute atomic E-state index is 0.0426. The van der Waals surface area contributed by atoms with Crippen LogP contribution in [0.25, 0.3) is 0 Å². The van der Waals surface area contributed by atoms with Gasteiger partial charge in [0.2, 0.25) is 5.91 Å². The van der Waals surface area contributed by atoms with Crippen molar-refractivity contribution in [2.75, 3.05) is 31.5 Å². The van der Waals surface area contributed by atoms with Crippen LogP contribution >= 0.6 is 0 Å². The second kappa shape index (κ2) is 7.95. The minimum atomic E-state index is -0.147. The van der Waals surface area contributed by atoms with Crippen molar-refractivity contribution >= 4 is 17.6 Å². The van der Waals surface area contributed by atoms with Crippen LogP contribution in [0.4, 0.5) is 5.82 Å². The molecule has 1 N–H and O–H groups in total. The largest absolute Gasteiger partial charge is 0.365 e. The van der Waals surface area contributed by atoms with Gasteiger partial charge in [-0.1, -0.05) is 24.3 Å². The Balaban J connectivity index is 1.56. The van der Waals surface area contributed by atoms with Crippen molar-refractivity contribution in [2.24, 2.45) is 0 Å². The highest BCUT2D eigenvalue weighted by Crippen LogP contribution is 2.11. The number of aromatic nitrogens is 2. The molecule has 1 fully saturated rings. The van der Waals surface area contributed by atoms with Gasteiger partial charge in [-0.25, -0.2) is 9.97 Å². The van der Waals surface area contributed by atoms with Crippen LogP contribution in [-0.4, -0.2) is 57.8 Å². The summed E-state index contributed by atoms with van der Waals surface area (Å²) in [5.41, 5.74) is 2.73. The summed E-state index contributed by atoms with van der Waals surface area (Å²) in [6.07, 6.45) is 3.08. The lowest BCUT2D eigenvalue weighted by Crippen LogP contribution is -2.50. The zero-order chi connectivity index (χ0) is 18.5. The molecule has 0 unspecified atom stereocenters. The number of nitrogens with zero attached hydrogens (tertiary/aromatic N) is 4. The molecule has 0 spiro atoms. The molecule has 26 heavy (non-hydrogen) atoms. The molecule has 136 valence electrons. The average Bonchev–Trinajstić information content (AvgIpc) is 2.67. The number of hydrogen-bond donors (Lipinski definition) is 1. The highest BCUT2D eigenvalue weighted by molar-refractivity contribution is 5.92. The Bertz CT molecular complexity index is 783. The summed E-state index contributed by atoms with van der Waals surface area (Å²) in [6.45, 7) is 6.43. The quantitative estimate of drug-likeness (QED) is 0.905. The molecule has 2 aromatic rings. The zero-order valence-corrected chi connectivity index (χ0v) is 15.1. The third-order valence-electron chi connectivity index (χ3n) is 4.60. The zero-order valence-electron chi connectivity index (χ0n) is 15.1. The molecule has 7 nitrogen and oxygen atoms in total. The Morgan fingerprint density at radius 1 is 1.04 bits per heavy atom. The molecular formula is C19H23N5O2. The van der Waals surface area contributed by atoms with E-state index in [0.717, 1.165) is 0 Å². The van der Waals surface area contributed by atoms with Crippen molar-refractivity contribution in [3.8, 4) is 0 Å². The maximum absolute atomic E-state index is 12.5. The van der Waals surface area contributed by atoms with Crippen molar-refractivity contribution in [3.05, 3.63) is 53.5 Å². The number of aryl methyl sites for hydroxylation is 1. The van der Waals surface area contributed by atoms with E-state index in [2.05, 4.69) is 34.3 Å². The van der Waals surface area contributed by atoms with Gasteiger partial charge in [0.1, 0.15) is 11.5 Å². The van der Waals surface area contributed by atoms with Crippen molar-refractivity contribution < 1.29 is 9.59 Å². The van der Waals surface area contributed by atoms with Crippen LogP contribution in [0.5, 0.6) is 0 Å². The second-order valence-corrected chi connectivity index (χ2v) is 6.37. The molecule has 0 aliphatic carbocycles. The fourth-order valence-electron chi connectivity index (χ4n) is 2.91. The molecule has 1 aromatic carbocycles. The first-order valence-corrected chi connectivity index (χ1v) is 8.70. The summed E-state index contributed by atoms with van der Waals surface area (Å²) in [5.74, 6) is 0.526. The van der Waals surface area contributed by atoms with Gasteiger partial charge in [-0.15, -0.1) is 0 Å². The Labute approximate surface area is 153 Å². The van der Waals surface area contributed by atoms with Crippen LogP contribution in [0.1, 0.15) is 28.5 Å². The van der Waals surface area contributed by atoms with E-state index < -0.39 is 0 Å². The lowest BCUT2D eigenvalue weighted by Gasteiger charge is -2.33. The molecule has 1 aliphatic rings. The van der Waals surface area contributed by atoms with Crippen molar-refractivity contribution in [3.63, 3.8) is 0 Å². The molecule has 7 heteroatoms. The number of carbonyl (C=O) groups excluding carboxylic acids is 2. The third-order valence-corrected chi connectivity index (χ3v) is 4.60. The van der Waals surface area contributed by atoms with Gasteiger partial charge in [-0.2, -0.15) is 0 Å². The van der Waals surface area contributed by atoms with Crippen LogP contribution in [0, 0.1) is 6.92 Å². The summed E-state index contributed by atoms with van der Waals surface area (Å²) in [6, 6.07) is 8.14. The van der Waals surface area contributed by atoms with Crippen LogP contribution in [0.15, 0.2) is 36.7 Å². The molecule has 3 rings (SSSR count).